The second-order valence-corrected chi connectivity index (χ2v) is 6.88. The van der Waals surface area contributed by atoms with E-state index < -0.39 is 9.84 Å². The molecule has 0 bridgehead atoms. The third-order valence-corrected chi connectivity index (χ3v) is 4.85. The van der Waals surface area contributed by atoms with Crippen molar-refractivity contribution in [2.75, 3.05) is 11.5 Å². The highest BCUT2D eigenvalue weighted by atomic mass is 32.2. The van der Waals surface area contributed by atoms with Crippen molar-refractivity contribution in [1.82, 2.24) is 5.32 Å². The minimum atomic E-state index is -2.92. The fraction of sp³-hybridized carbons (Fsp3) is 0.462. The number of amides is 1. The van der Waals surface area contributed by atoms with E-state index in [2.05, 4.69) is 5.32 Å². The Morgan fingerprint density at radius 1 is 1.28 bits per heavy atom. The number of nitrogens with one attached hydrogen (secondary N) is 1. The second kappa shape index (κ2) is 5.52. The Morgan fingerprint density at radius 2 is 2.00 bits per heavy atom. The van der Waals surface area contributed by atoms with Crippen molar-refractivity contribution in [3.05, 3.63) is 35.9 Å². The smallest absolute Gasteiger partial charge is 0.220 e. The summed E-state index contributed by atoms with van der Waals surface area (Å²) in [5, 5.41) is 2.79. The van der Waals surface area contributed by atoms with Gasteiger partial charge in [0.15, 0.2) is 9.84 Å². The molecule has 0 saturated carbocycles. The van der Waals surface area contributed by atoms with E-state index in [1.54, 1.807) is 0 Å². The van der Waals surface area contributed by atoms with Crippen LogP contribution in [0.3, 0.4) is 0 Å². The van der Waals surface area contributed by atoms with Crippen LogP contribution in [0.5, 0.6) is 0 Å². The maximum atomic E-state index is 11.7. The highest BCUT2D eigenvalue weighted by molar-refractivity contribution is 7.91. The first kappa shape index (κ1) is 13.1. The van der Waals surface area contributed by atoms with Gasteiger partial charge in [0.2, 0.25) is 5.91 Å². The Morgan fingerprint density at radius 3 is 2.61 bits per heavy atom. The predicted octanol–water partition coefficient (Wildman–Crippen LogP) is 0.922. The monoisotopic (exact) mass is 267 g/mol. The maximum Gasteiger partial charge on any atom is 0.220 e. The number of aryl methyl sites for hydroxylation is 1. The third-order valence-electron chi connectivity index (χ3n) is 3.08. The Labute approximate surface area is 107 Å². The van der Waals surface area contributed by atoms with E-state index >= 15 is 0 Å². The largest absolute Gasteiger partial charge is 0.352 e. The summed E-state index contributed by atoms with van der Waals surface area (Å²) < 4.78 is 22.5. The molecule has 1 aromatic rings. The van der Waals surface area contributed by atoms with Gasteiger partial charge in [0, 0.05) is 12.5 Å². The van der Waals surface area contributed by atoms with Crippen LogP contribution in [0.25, 0.3) is 0 Å². The number of rotatable bonds is 4. The van der Waals surface area contributed by atoms with Gasteiger partial charge in [-0.25, -0.2) is 8.42 Å². The van der Waals surface area contributed by atoms with Crippen molar-refractivity contribution in [3.8, 4) is 0 Å². The lowest BCUT2D eigenvalue weighted by molar-refractivity contribution is -0.121. The van der Waals surface area contributed by atoms with Crippen LogP contribution in [0, 0.1) is 0 Å². The lowest BCUT2D eigenvalue weighted by atomic mass is 10.1. The first-order valence-electron chi connectivity index (χ1n) is 6.09. The number of benzene rings is 1. The number of hydrogen-bond donors (Lipinski definition) is 1. The second-order valence-electron chi connectivity index (χ2n) is 4.65. The highest BCUT2D eigenvalue weighted by Gasteiger charge is 2.28. The summed E-state index contributed by atoms with van der Waals surface area (Å²) in [5.74, 6) is 0.210. The van der Waals surface area contributed by atoms with Crippen molar-refractivity contribution in [2.45, 2.75) is 25.3 Å². The van der Waals surface area contributed by atoms with Crippen LogP contribution in [0.15, 0.2) is 30.3 Å². The molecule has 1 fully saturated rings. The molecule has 1 unspecified atom stereocenters. The van der Waals surface area contributed by atoms with E-state index in [0.717, 1.165) is 5.56 Å². The lowest BCUT2D eigenvalue weighted by Gasteiger charge is -2.10. The fourth-order valence-corrected chi connectivity index (χ4v) is 3.78. The van der Waals surface area contributed by atoms with Gasteiger partial charge < -0.3 is 5.32 Å². The van der Waals surface area contributed by atoms with E-state index in [-0.39, 0.29) is 23.5 Å². The first-order chi connectivity index (χ1) is 8.55. The Balaban J connectivity index is 1.76. The summed E-state index contributed by atoms with van der Waals surface area (Å²) >= 11 is 0. The molecule has 1 aliphatic heterocycles. The van der Waals surface area contributed by atoms with E-state index in [1.807, 2.05) is 30.3 Å². The van der Waals surface area contributed by atoms with Crippen LogP contribution in [0.1, 0.15) is 18.4 Å². The summed E-state index contributed by atoms with van der Waals surface area (Å²) in [4.78, 5) is 11.7. The molecule has 1 aromatic carbocycles. The summed E-state index contributed by atoms with van der Waals surface area (Å²) in [6, 6.07) is 9.58. The molecule has 5 heteroatoms. The molecule has 18 heavy (non-hydrogen) atoms. The first-order valence-corrected chi connectivity index (χ1v) is 7.91. The van der Waals surface area contributed by atoms with E-state index in [4.69, 9.17) is 0 Å². The van der Waals surface area contributed by atoms with Gasteiger partial charge in [-0.05, 0) is 18.4 Å². The van der Waals surface area contributed by atoms with Crippen molar-refractivity contribution in [1.29, 1.82) is 0 Å². The van der Waals surface area contributed by atoms with Gasteiger partial charge in [0.1, 0.15) is 0 Å². The maximum absolute atomic E-state index is 11.7. The predicted molar refractivity (Wildman–Crippen MR) is 70.0 cm³/mol. The van der Waals surface area contributed by atoms with Gasteiger partial charge in [-0.1, -0.05) is 30.3 Å². The molecule has 98 valence electrons. The molecule has 1 saturated heterocycles. The SMILES string of the molecule is O=C(CCc1ccccc1)NC1CCS(=O)(=O)C1. The average Bonchev–Trinajstić information content (AvgIpc) is 2.67. The zero-order chi connectivity index (χ0) is 13.0. The molecule has 0 aromatic heterocycles. The molecular formula is C13H17NO3S. The summed E-state index contributed by atoms with van der Waals surface area (Å²) in [6.07, 6.45) is 1.63. The summed E-state index contributed by atoms with van der Waals surface area (Å²) in [7, 11) is -2.92. The standard InChI is InChI=1S/C13H17NO3S/c15-13(7-6-11-4-2-1-3-5-11)14-12-8-9-18(16,17)10-12/h1-5,12H,6-10H2,(H,14,15). The third kappa shape index (κ3) is 3.84. The number of sulfone groups is 1. The average molecular weight is 267 g/mol. The van der Waals surface area contributed by atoms with Gasteiger partial charge in [-0.2, -0.15) is 0 Å². The van der Waals surface area contributed by atoms with Gasteiger partial charge in [-0.15, -0.1) is 0 Å². The van der Waals surface area contributed by atoms with E-state index in [0.29, 0.717) is 19.3 Å². The molecule has 1 amide bonds. The minimum Gasteiger partial charge on any atom is -0.352 e. The van der Waals surface area contributed by atoms with Gasteiger partial charge in [0.05, 0.1) is 11.5 Å². The number of carbonyl (C=O) groups is 1. The molecule has 1 aliphatic rings. The van der Waals surface area contributed by atoms with Crippen LogP contribution in [-0.2, 0) is 21.1 Å². The zero-order valence-electron chi connectivity index (χ0n) is 10.1. The van der Waals surface area contributed by atoms with E-state index in [1.165, 1.54) is 0 Å². The Kier molecular flexibility index (Phi) is 4.01. The molecule has 2 rings (SSSR count). The topological polar surface area (TPSA) is 63.2 Å². The lowest BCUT2D eigenvalue weighted by Crippen LogP contribution is -2.35. The normalized spacial score (nSPS) is 21.7. The van der Waals surface area contributed by atoms with Crippen molar-refractivity contribution in [2.24, 2.45) is 0 Å². The summed E-state index contributed by atoms with van der Waals surface area (Å²) in [6.45, 7) is 0. The van der Waals surface area contributed by atoms with Crippen molar-refractivity contribution < 1.29 is 13.2 Å². The summed E-state index contributed by atoms with van der Waals surface area (Å²) in [5.41, 5.74) is 1.12. The highest BCUT2D eigenvalue weighted by Crippen LogP contribution is 2.11. The van der Waals surface area contributed by atoms with Gasteiger partial charge in [0.25, 0.3) is 0 Å². The van der Waals surface area contributed by atoms with Crippen LogP contribution >= 0.6 is 0 Å². The molecule has 0 spiro atoms. The molecule has 0 aliphatic carbocycles. The van der Waals surface area contributed by atoms with Crippen LogP contribution < -0.4 is 5.32 Å². The van der Waals surface area contributed by atoms with Crippen LogP contribution in [-0.4, -0.2) is 31.9 Å². The van der Waals surface area contributed by atoms with E-state index in [9.17, 15) is 13.2 Å². The Hall–Kier alpha value is -1.36. The number of hydrogen-bond acceptors (Lipinski definition) is 3. The molecule has 1 atom stereocenters. The number of carbonyl (C=O) groups excluding carboxylic acids is 1. The van der Waals surface area contributed by atoms with Crippen LogP contribution in [0.4, 0.5) is 0 Å². The van der Waals surface area contributed by atoms with Crippen molar-refractivity contribution >= 4 is 15.7 Å². The Bertz CT molecular complexity index is 510. The van der Waals surface area contributed by atoms with Crippen LogP contribution in [0.2, 0.25) is 0 Å². The molecule has 1 heterocycles. The quantitative estimate of drug-likeness (QED) is 0.882. The minimum absolute atomic E-state index is 0.0686. The van der Waals surface area contributed by atoms with Crippen molar-refractivity contribution in [3.63, 3.8) is 0 Å². The van der Waals surface area contributed by atoms with Gasteiger partial charge >= 0.3 is 0 Å². The molecule has 4 nitrogen and oxygen atoms in total. The zero-order valence-corrected chi connectivity index (χ0v) is 10.9. The molecule has 1 N–H and O–H groups in total. The fourth-order valence-electron chi connectivity index (χ4n) is 2.11. The van der Waals surface area contributed by atoms with Gasteiger partial charge in [-0.3, -0.25) is 4.79 Å². The molecular weight excluding hydrogens is 250 g/mol. The molecule has 0 radical (unpaired) electrons.